The molecule has 0 unspecified atom stereocenters. The highest BCUT2D eigenvalue weighted by molar-refractivity contribution is 5.98. The second-order valence-corrected chi connectivity index (χ2v) is 4.32. The smallest absolute Gasteiger partial charge is 0.257 e. The van der Waals surface area contributed by atoms with E-state index in [9.17, 15) is 9.18 Å². The van der Waals surface area contributed by atoms with Crippen molar-refractivity contribution in [2.24, 2.45) is 0 Å². The van der Waals surface area contributed by atoms with Gasteiger partial charge in [-0.2, -0.15) is 0 Å². The number of hydrogen-bond donors (Lipinski definition) is 1. The van der Waals surface area contributed by atoms with Crippen molar-refractivity contribution in [2.45, 2.75) is 33.6 Å². The Kier molecular flexibility index (Phi) is 6.25. The molecule has 5 heteroatoms. The summed E-state index contributed by atoms with van der Waals surface area (Å²) < 4.78 is 13.3. The normalized spacial score (nSPS) is 10.3. The number of carbonyl (C=O) groups is 1. The fraction of sp³-hybridized carbons (Fsp3) is 0.571. The number of halogens is 1. The quantitative estimate of drug-likeness (QED) is 0.826. The molecule has 0 bridgehead atoms. The highest BCUT2D eigenvalue weighted by Gasteiger charge is 2.19. The first-order valence-electron chi connectivity index (χ1n) is 6.82. The fourth-order valence-corrected chi connectivity index (χ4v) is 1.83. The largest absolute Gasteiger partial charge is 0.370 e. The van der Waals surface area contributed by atoms with Gasteiger partial charge in [0, 0.05) is 19.6 Å². The van der Waals surface area contributed by atoms with Crippen LogP contribution in [-0.4, -0.2) is 35.4 Å². The molecule has 4 nitrogen and oxygen atoms in total. The molecule has 1 aromatic rings. The van der Waals surface area contributed by atoms with Gasteiger partial charge in [0.25, 0.3) is 5.91 Å². The highest BCUT2D eigenvalue weighted by Crippen LogP contribution is 2.16. The maximum atomic E-state index is 13.3. The second-order valence-electron chi connectivity index (χ2n) is 4.32. The van der Waals surface area contributed by atoms with Gasteiger partial charge in [-0.1, -0.05) is 13.3 Å². The number of aromatic nitrogens is 1. The third-order valence-electron chi connectivity index (χ3n) is 2.88. The summed E-state index contributed by atoms with van der Waals surface area (Å²) in [6.45, 7) is 7.85. The summed E-state index contributed by atoms with van der Waals surface area (Å²) in [6, 6.07) is 1.25. The Morgan fingerprint density at radius 3 is 2.74 bits per heavy atom. The summed E-state index contributed by atoms with van der Waals surface area (Å²) in [5, 5.41) is 2.99. The van der Waals surface area contributed by atoms with Crippen LogP contribution in [0.2, 0.25) is 0 Å². The molecule has 1 N–H and O–H groups in total. The Hall–Kier alpha value is -1.65. The number of unbranched alkanes of at least 4 members (excludes halogenated alkanes) is 1. The molecular formula is C14H22FN3O. The number of hydrogen-bond acceptors (Lipinski definition) is 3. The van der Waals surface area contributed by atoms with Gasteiger partial charge in [-0.3, -0.25) is 4.79 Å². The van der Waals surface area contributed by atoms with Gasteiger partial charge in [0.05, 0.1) is 11.8 Å². The van der Waals surface area contributed by atoms with Gasteiger partial charge in [0.1, 0.15) is 11.6 Å². The zero-order valence-electron chi connectivity index (χ0n) is 11.9. The highest BCUT2D eigenvalue weighted by atomic mass is 19.1. The maximum absolute atomic E-state index is 13.3. The van der Waals surface area contributed by atoms with Gasteiger partial charge in [-0.15, -0.1) is 0 Å². The van der Waals surface area contributed by atoms with Crippen molar-refractivity contribution >= 4 is 11.7 Å². The van der Waals surface area contributed by atoms with Crippen LogP contribution in [0.15, 0.2) is 12.3 Å². The van der Waals surface area contributed by atoms with E-state index in [0.29, 0.717) is 31.0 Å². The molecule has 0 spiro atoms. The van der Waals surface area contributed by atoms with E-state index in [0.717, 1.165) is 19.0 Å². The lowest BCUT2D eigenvalue weighted by molar-refractivity contribution is 0.0762. The van der Waals surface area contributed by atoms with E-state index in [1.165, 1.54) is 6.07 Å². The van der Waals surface area contributed by atoms with Crippen molar-refractivity contribution in [2.75, 3.05) is 25.0 Å². The summed E-state index contributed by atoms with van der Waals surface area (Å²) >= 11 is 0. The SMILES string of the molecule is CCCCN(CC)C(=O)c1cc(F)cnc1NCC. The van der Waals surface area contributed by atoms with Crippen molar-refractivity contribution in [1.29, 1.82) is 0 Å². The first kappa shape index (κ1) is 15.4. The van der Waals surface area contributed by atoms with Crippen LogP contribution in [-0.2, 0) is 0 Å². The molecule has 1 aromatic heterocycles. The molecular weight excluding hydrogens is 245 g/mol. The molecule has 0 atom stereocenters. The van der Waals surface area contributed by atoms with Crippen LogP contribution in [0.5, 0.6) is 0 Å². The van der Waals surface area contributed by atoms with Crippen LogP contribution in [0, 0.1) is 5.82 Å². The van der Waals surface area contributed by atoms with Gasteiger partial charge >= 0.3 is 0 Å². The second kappa shape index (κ2) is 7.71. The molecule has 0 saturated carbocycles. The predicted molar refractivity (Wildman–Crippen MR) is 74.8 cm³/mol. The summed E-state index contributed by atoms with van der Waals surface area (Å²) in [6.07, 6.45) is 3.08. The van der Waals surface area contributed by atoms with Gasteiger partial charge < -0.3 is 10.2 Å². The third kappa shape index (κ3) is 4.19. The Bertz CT molecular complexity index is 423. The first-order chi connectivity index (χ1) is 9.13. The first-order valence-corrected chi connectivity index (χ1v) is 6.82. The average molecular weight is 267 g/mol. The van der Waals surface area contributed by atoms with Crippen molar-refractivity contribution in [1.82, 2.24) is 9.88 Å². The van der Waals surface area contributed by atoms with E-state index in [-0.39, 0.29) is 5.91 Å². The van der Waals surface area contributed by atoms with E-state index in [2.05, 4.69) is 17.2 Å². The van der Waals surface area contributed by atoms with E-state index in [1.54, 1.807) is 4.90 Å². The summed E-state index contributed by atoms with van der Waals surface area (Å²) in [4.78, 5) is 18.1. The molecule has 0 radical (unpaired) electrons. The Balaban J connectivity index is 2.98. The molecule has 106 valence electrons. The summed E-state index contributed by atoms with van der Waals surface area (Å²) in [5.74, 6) is -0.209. The van der Waals surface area contributed by atoms with E-state index in [1.807, 2.05) is 13.8 Å². The molecule has 1 heterocycles. The number of amides is 1. The molecule has 0 aliphatic carbocycles. The monoisotopic (exact) mass is 267 g/mol. The van der Waals surface area contributed by atoms with Crippen LogP contribution < -0.4 is 5.32 Å². The predicted octanol–water partition coefficient (Wildman–Crippen LogP) is 2.91. The molecule has 0 aromatic carbocycles. The Labute approximate surface area is 114 Å². The number of carbonyl (C=O) groups excluding carboxylic acids is 1. The summed E-state index contributed by atoms with van der Waals surface area (Å²) in [5.41, 5.74) is 0.305. The molecule has 0 fully saturated rings. The number of pyridine rings is 1. The van der Waals surface area contributed by atoms with Gasteiger partial charge in [0.2, 0.25) is 0 Å². The summed E-state index contributed by atoms with van der Waals surface area (Å²) in [7, 11) is 0. The van der Waals surface area contributed by atoms with Gasteiger partial charge in [-0.05, 0) is 26.3 Å². The molecule has 1 amide bonds. The zero-order valence-corrected chi connectivity index (χ0v) is 11.9. The van der Waals surface area contributed by atoms with E-state index < -0.39 is 5.82 Å². The van der Waals surface area contributed by atoms with E-state index in [4.69, 9.17) is 0 Å². The lowest BCUT2D eigenvalue weighted by atomic mass is 10.2. The minimum absolute atomic E-state index is 0.168. The number of nitrogens with zero attached hydrogens (tertiary/aromatic N) is 2. The topological polar surface area (TPSA) is 45.2 Å². The molecule has 0 aliphatic rings. The van der Waals surface area contributed by atoms with Gasteiger partial charge in [-0.25, -0.2) is 9.37 Å². The van der Waals surface area contributed by atoms with Crippen LogP contribution in [0.3, 0.4) is 0 Å². The minimum atomic E-state index is -0.489. The van der Waals surface area contributed by atoms with Crippen LogP contribution in [0.4, 0.5) is 10.2 Å². The zero-order chi connectivity index (χ0) is 14.3. The molecule has 0 aliphatic heterocycles. The third-order valence-corrected chi connectivity index (χ3v) is 2.88. The molecule has 0 saturated heterocycles. The van der Waals surface area contributed by atoms with Crippen LogP contribution >= 0.6 is 0 Å². The van der Waals surface area contributed by atoms with Crippen LogP contribution in [0.25, 0.3) is 0 Å². The number of anilines is 1. The van der Waals surface area contributed by atoms with Crippen molar-refractivity contribution in [3.05, 3.63) is 23.6 Å². The van der Waals surface area contributed by atoms with E-state index >= 15 is 0 Å². The van der Waals surface area contributed by atoms with Gasteiger partial charge in [0.15, 0.2) is 0 Å². The number of nitrogens with one attached hydrogen (secondary N) is 1. The fourth-order valence-electron chi connectivity index (χ4n) is 1.83. The standard InChI is InChI=1S/C14H22FN3O/c1-4-7-8-18(6-3)14(19)12-9-11(15)10-17-13(12)16-5-2/h9-10H,4-8H2,1-3H3,(H,16,17). The van der Waals surface area contributed by atoms with Crippen LogP contribution in [0.1, 0.15) is 44.0 Å². The molecule has 1 rings (SSSR count). The molecule has 19 heavy (non-hydrogen) atoms. The average Bonchev–Trinajstić information content (AvgIpc) is 2.41. The maximum Gasteiger partial charge on any atom is 0.257 e. The van der Waals surface area contributed by atoms with Crippen molar-refractivity contribution in [3.8, 4) is 0 Å². The van der Waals surface area contributed by atoms with Crippen molar-refractivity contribution < 1.29 is 9.18 Å². The Morgan fingerprint density at radius 2 is 2.16 bits per heavy atom. The minimum Gasteiger partial charge on any atom is -0.370 e. The lowest BCUT2D eigenvalue weighted by Gasteiger charge is -2.21. The number of rotatable bonds is 7. The Morgan fingerprint density at radius 1 is 1.42 bits per heavy atom. The lowest BCUT2D eigenvalue weighted by Crippen LogP contribution is -2.32. The van der Waals surface area contributed by atoms with Crippen molar-refractivity contribution in [3.63, 3.8) is 0 Å².